The summed E-state index contributed by atoms with van der Waals surface area (Å²) in [4.78, 5) is 16.5. The van der Waals surface area contributed by atoms with Gasteiger partial charge in [0.1, 0.15) is 0 Å². The monoisotopic (exact) mass is 307 g/mol. The van der Waals surface area contributed by atoms with E-state index >= 15 is 0 Å². The molecule has 1 heterocycles. The highest BCUT2D eigenvalue weighted by Crippen LogP contribution is 2.38. The Morgan fingerprint density at radius 2 is 2.14 bits per heavy atom. The second kappa shape index (κ2) is 7.69. The fourth-order valence-electron chi connectivity index (χ4n) is 2.91. The molecule has 0 spiro atoms. The second-order valence-corrected chi connectivity index (χ2v) is 6.86. The Bertz CT molecular complexity index is 472. The topological polar surface area (TPSA) is 54.0 Å². The van der Waals surface area contributed by atoms with Crippen LogP contribution in [0.4, 0.5) is 5.69 Å². The molecule has 21 heavy (non-hydrogen) atoms. The molecule has 1 aliphatic rings. The van der Waals surface area contributed by atoms with Gasteiger partial charge in [-0.25, -0.2) is 0 Å². The van der Waals surface area contributed by atoms with Gasteiger partial charge in [-0.05, 0) is 32.1 Å². The summed E-state index contributed by atoms with van der Waals surface area (Å²) in [6, 6.07) is 1.85. The van der Waals surface area contributed by atoms with Gasteiger partial charge in [0.2, 0.25) is 0 Å². The normalized spacial score (nSPS) is 17.2. The summed E-state index contributed by atoms with van der Waals surface area (Å²) in [5, 5.41) is 6.33. The molecule has 0 aliphatic heterocycles. The van der Waals surface area contributed by atoms with Crippen LogP contribution in [0.3, 0.4) is 0 Å². The molecule has 0 bridgehead atoms. The van der Waals surface area contributed by atoms with Gasteiger partial charge in [-0.1, -0.05) is 19.3 Å². The number of pyridine rings is 1. The largest absolute Gasteiger partial charge is 0.385 e. The predicted octanol–water partition coefficient (Wildman–Crippen LogP) is 3.31. The van der Waals surface area contributed by atoms with Crippen LogP contribution in [0.25, 0.3) is 0 Å². The van der Waals surface area contributed by atoms with E-state index in [1.807, 2.05) is 24.8 Å². The van der Waals surface area contributed by atoms with Crippen LogP contribution in [0.1, 0.15) is 49.4 Å². The van der Waals surface area contributed by atoms with E-state index in [0.29, 0.717) is 5.56 Å². The van der Waals surface area contributed by atoms with Crippen molar-refractivity contribution in [3.8, 4) is 0 Å². The second-order valence-electron chi connectivity index (χ2n) is 5.58. The summed E-state index contributed by atoms with van der Waals surface area (Å²) in [7, 11) is 0. The van der Waals surface area contributed by atoms with Crippen LogP contribution in [0.2, 0.25) is 0 Å². The Morgan fingerprint density at radius 1 is 1.38 bits per heavy atom. The molecule has 1 fully saturated rings. The van der Waals surface area contributed by atoms with Gasteiger partial charge >= 0.3 is 0 Å². The number of anilines is 1. The molecule has 2 rings (SSSR count). The Hall–Kier alpha value is -1.23. The first-order valence-electron chi connectivity index (χ1n) is 7.72. The summed E-state index contributed by atoms with van der Waals surface area (Å²) in [5.41, 5.74) is 1.48. The fraction of sp³-hybridized carbons (Fsp3) is 0.625. The number of nitrogens with one attached hydrogen (secondary N) is 2. The van der Waals surface area contributed by atoms with Gasteiger partial charge in [0.15, 0.2) is 0 Å². The molecule has 4 nitrogen and oxygen atoms in total. The molecule has 0 saturated heterocycles. The number of hydrogen-bond donors (Lipinski definition) is 2. The van der Waals surface area contributed by atoms with Crippen LogP contribution in [-0.2, 0) is 0 Å². The maximum absolute atomic E-state index is 12.4. The van der Waals surface area contributed by atoms with Crippen LogP contribution < -0.4 is 10.6 Å². The number of thioether (sulfide) groups is 1. The minimum atomic E-state index is -0.0296. The van der Waals surface area contributed by atoms with Crippen molar-refractivity contribution in [3.63, 3.8) is 0 Å². The average Bonchev–Trinajstić information content (AvgIpc) is 2.54. The molecule has 0 aromatic carbocycles. The van der Waals surface area contributed by atoms with Gasteiger partial charge in [0.25, 0.3) is 5.91 Å². The Kier molecular flexibility index (Phi) is 5.91. The smallest absolute Gasteiger partial charge is 0.255 e. The molecule has 1 aromatic rings. The molecule has 0 unspecified atom stereocenters. The minimum absolute atomic E-state index is 0.0296. The van der Waals surface area contributed by atoms with Gasteiger partial charge in [0.05, 0.1) is 11.3 Å². The Morgan fingerprint density at radius 3 is 2.81 bits per heavy atom. The average molecular weight is 307 g/mol. The van der Waals surface area contributed by atoms with Crippen LogP contribution >= 0.6 is 11.8 Å². The zero-order valence-electron chi connectivity index (χ0n) is 12.9. The van der Waals surface area contributed by atoms with Crippen molar-refractivity contribution in [3.05, 3.63) is 24.0 Å². The van der Waals surface area contributed by atoms with Crippen molar-refractivity contribution < 1.29 is 4.79 Å². The maximum atomic E-state index is 12.4. The summed E-state index contributed by atoms with van der Waals surface area (Å²) in [6.45, 7) is 3.55. The number of aromatic nitrogens is 1. The maximum Gasteiger partial charge on any atom is 0.255 e. The van der Waals surface area contributed by atoms with Crippen molar-refractivity contribution in [1.29, 1.82) is 0 Å². The lowest BCUT2D eigenvalue weighted by molar-refractivity contribution is 0.0947. The zero-order valence-corrected chi connectivity index (χ0v) is 13.8. The van der Waals surface area contributed by atoms with E-state index in [1.165, 1.54) is 32.1 Å². The van der Waals surface area contributed by atoms with Gasteiger partial charge in [-0.15, -0.1) is 0 Å². The lowest BCUT2D eigenvalue weighted by Gasteiger charge is -2.35. The SMILES string of the molecule is CCNc1ccncc1C(=O)NCC1(SC)CCCCC1. The van der Waals surface area contributed by atoms with E-state index in [0.717, 1.165) is 18.8 Å². The van der Waals surface area contributed by atoms with Gasteiger partial charge in [0, 0.05) is 30.2 Å². The number of carbonyl (C=O) groups excluding carboxylic acids is 1. The first kappa shape index (κ1) is 16.1. The number of nitrogens with zero attached hydrogens (tertiary/aromatic N) is 1. The molecule has 1 aromatic heterocycles. The van der Waals surface area contributed by atoms with Crippen LogP contribution in [-0.4, -0.2) is 35.0 Å². The molecule has 1 aliphatic carbocycles. The van der Waals surface area contributed by atoms with Crippen LogP contribution in [0, 0.1) is 0 Å². The van der Waals surface area contributed by atoms with Crippen molar-refractivity contribution in [2.75, 3.05) is 24.7 Å². The van der Waals surface area contributed by atoms with Crippen molar-refractivity contribution >= 4 is 23.4 Å². The summed E-state index contributed by atoms with van der Waals surface area (Å²) >= 11 is 1.90. The molecule has 5 heteroatoms. The van der Waals surface area contributed by atoms with Gasteiger partial charge in [-0.3, -0.25) is 9.78 Å². The summed E-state index contributed by atoms with van der Waals surface area (Å²) in [6.07, 6.45) is 11.8. The zero-order chi connectivity index (χ0) is 15.1. The van der Waals surface area contributed by atoms with E-state index in [1.54, 1.807) is 12.4 Å². The van der Waals surface area contributed by atoms with E-state index in [9.17, 15) is 4.79 Å². The predicted molar refractivity (Wildman–Crippen MR) is 90.1 cm³/mol. The lowest BCUT2D eigenvalue weighted by Crippen LogP contribution is -2.41. The van der Waals surface area contributed by atoms with Gasteiger partial charge in [-0.2, -0.15) is 11.8 Å². The highest BCUT2D eigenvalue weighted by atomic mass is 32.2. The Labute approximate surface area is 131 Å². The molecular weight excluding hydrogens is 282 g/mol. The van der Waals surface area contributed by atoms with E-state index < -0.39 is 0 Å². The third-order valence-corrected chi connectivity index (χ3v) is 5.62. The molecule has 116 valence electrons. The van der Waals surface area contributed by atoms with Crippen LogP contribution in [0.15, 0.2) is 18.5 Å². The number of carbonyl (C=O) groups is 1. The number of rotatable bonds is 6. The number of amides is 1. The Balaban J connectivity index is 2.01. The van der Waals surface area contributed by atoms with Crippen molar-refractivity contribution in [2.24, 2.45) is 0 Å². The van der Waals surface area contributed by atoms with E-state index in [-0.39, 0.29) is 10.7 Å². The first-order chi connectivity index (χ1) is 10.2. The molecule has 0 radical (unpaired) electrons. The number of hydrogen-bond acceptors (Lipinski definition) is 4. The molecule has 0 atom stereocenters. The minimum Gasteiger partial charge on any atom is -0.385 e. The third-order valence-electron chi connectivity index (χ3n) is 4.20. The van der Waals surface area contributed by atoms with E-state index in [4.69, 9.17) is 0 Å². The van der Waals surface area contributed by atoms with Crippen molar-refractivity contribution in [1.82, 2.24) is 10.3 Å². The molecular formula is C16H25N3OS. The molecule has 1 saturated carbocycles. The lowest BCUT2D eigenvalue weighted by atomic mass is 9.88. The van der Waals surface area contributed by atoms with Crippen LogP contribution in [0.5, 0.6) is 0 Å². The third kappa shape index (κ3) is 4.13. The quantitative estimate of drug-likeness (QED) is 0.846. The molecule has 2 N–H and O–H groups in total. The van der Waals surface area contributed by atoms with Gasteiger partial charge < -0.3 is 10.6 Å². The fourth-order valence-corrected chi connectivity index (χ4v) is 3.82. The van der Waals surface area contributed by atoms with E-state index in [2.05, 4.69) is 21.9 Å². The standard InChI is InChI=1S/C16H25N3OS/c1-3-18-14-7-10-17-11-13(14)15(20)19-12-16(21-2)8-5-4-6-9-16/h7,10-11H,3-6,8-9,12H2,1-2H3,(H,17,18)(H,19,20). The summed E-state index contributed by atoms with van der Waals surface area (Å²) in [5.74, 6) is -0.0296. The first-order valence-corrected chi connectivity index (χ1v) is 8.94. The highest BCUT2D eigenvalue weighted by molar-refractivity contribution is 8.00. The summed E-state index contributed by atoms with van der Waals surface area (Å²) < 4.78 is 0.217. The molecule has 1 amide bonds. The van der Waals surface area contributed by atoms with Crippen molar-refractivity contribution in [2.45, 2.75) is 43.8 Å². The highest BCUT2D eigenvalue weighted by Gasteiger charge is 2.31.